The molecule has 0 atom stereocenters. The molecule has 29 heavy (non-hydrogen) atoms. The third-order valence-electron chi connectivity index (χ3n) is 5.41. The maximum atomic E-state index is 12.8. The Bertz CT molecular complexity index is 1110. The van der Waals surface area contributed by atoms with E-state index in [-0.39, 0.29) is 37.1 Å². The topological polar surface area (TPSA) is 111 Å². The number of H-pyrrole nitrogens is 1. The van der Waals surface area contributed by atoms with Crippen molar-refractivity contribution < 1.29 is 14.7 Å². The molecular weight excluding hydrogens is 370 g/mol. The third kappa shape index (κ3) is 3.58. The van der Waals surface area contributed by atoms with Crippen LogP contribution in [0.25, 0.3) is 11.0 Å². The van der Waals surface area contributed by atoms with Gasteiger partial charge in [-0.1, -0.05) is 11.6 Å². The second-order valence-electron chi connectivity index (χ2n) is 7.82. The lowest BCUT2D eigenvalue weighted by atomic mass is 9.91. The minimum absolute atomic E-state index is 0.0482. The molecule has 0 spiro atoms. The van der Waals surface area contributed by atoms with Crippen LogP contribution < -0.4 is 5.32 Å². The van der Waals surface area contributed by atoms with E-state index in [1.54, 1.807) is 23.2 Å². The number of hydrogen-bond donors (Lipinski definition) is 3. The number of aliphatic hydroxyl groups is 1. The summed E-state index contributed by atoms with van der Waals surface area (Å²) in [6, 6.07) is 7.25. The van der Waals surface area contributed by atoms with Gasteiger partial charge in [-0.05, 0) is 50.1 Å². The average molecular weight is 393 g/mol. The number of pyridine rings is 1. The highest BCUT2D eigenvalue weighted by molar-refractivity contribution is 5.97. The van der Waals surface area contributed by atoms with Crippen LogP contribution in [0.3, 0.4) is 0 Å². The van der Waals surface area contributed by atoms with Gasteiger partial charge in [-0.25, -0.2) is 4.98 Å². The summed E-state index contributed by atoms with van der Waals surface area (Å²) in [6.07, 6.45) is 1.55. The zero-order valence-electron chi connectivity index (χ0n) is 16.6. The van der Waals surface area contributed by atoms with E-state index < -0.39 is 5.60 Å². The SMILES string of the molecule is Cc1cc(C)c(C)c(C(=O)N2CC(O)(CNC(=O)c3ccc4[nH]ncc4n3)C2)c1. The number of fused-ring (bicyclic) bond motifs is 1. The van der Waals surface area contributed by atoms with Crippen molar-refractivity contribution in [2.45, 2.75) is 26.4 Å². The van der Waals surface area contributed by atoms with Crippen LogP contribution in [-0.4, -0.2) is 62.2 Å². The molecule has 3 N–H and O–H groups in total. The molecule has 150 valence electrons. The molecule has 0 unspecified atom stereocenters. The van der Waals surface area contributed by atoms with Crippen molar-refractivity contribution >= 4 is 22.8 Å². The molecule has 3 aromatic rings. The smallest absolute Gasteiger partial charge is 0.270 e. The molecule has 0 saturated carbocycles. The standard InChI is InChI=1S/C21H23N5O3/c1-12-6-13(2)14(3)15(7-12)20(28)26-10-21(29,11-26)9-22-19(27)17-5-4-16-18(24-17)8-23-25-16/h4-8,29H,9-11H2,1-3H3,(H,22,27)(H,23,25). The van der Waals surface area contributed by atoms with Crippen LogP contribution in [0.1, 0.15) is 37.5 Å². The van der Waals surface area contributed by atoms with E-state index in [9.17, 15) is 14.7 Å². The molecule has 0 aliphatic carbocycles. The van der Waals surface area contributed by atoms with E-state index in [0.717, 1.165) is 22.2 Å². The predicted octanol–water partition coefficient (Wildman–Crippen LogP) is 1.50. The molecule has 1 aliphatic rings. The van der Waals surface area contributed by atoms with Gasteiger partial charge < -0.3 is 15.3 Å². The number of hydrogen-bond acceptors (Lipinski definition) is 5. The Balaban J connectivity index is 1.37. The summed E-state index contributed by atoms with van der Waals surface area (Å²) in [4.78, 5) is 31.0. The molecule has 1 fully saturated rings. The van der Waals surface area contributed by atoms with Crippen LogP contribution in [0.15, 0.2) is 30.5 Å². The van der Waals surface area contributed by atoms with Gasteiger partial charge in [0.15, 0.2) is 0 Å². The normalized spacial score (nSPS) is 15.2. The number of carbonyl (C=O) groups is 2. The molecule has 0 radical (unpaired) electrons. The maximum absolute atomic E-state index is 12.8. The highest BCUT2D eigenvalue weighted by Crippen LogP contribution is 2.25. The zero-order chi connectivity index (χ0) is 20.8. The molecule has 3 heterocycles. The Hall–Kier alpha value is -3.26. The molecule has 2 aromatic heterocycles. The molecular formula is C21H23N5O3. The van der Waals surface area contributed by atoms with E-state index in [0.29, 0.717) is 11.1 Å². The van der Waals surface area contributed by atoms with E-state index in [4.69, 9.17) is 0 Å². The summed E-state index contributed by atoms with van der Waals surface area (Å²) in [5.74, 6) is -0.478. The number of benzene rings is 1. The maximum Gasteiger partial charge on any atom is 0.270 e. The van der Waals surface area contributed by atoms with Crippen LogP contribution in [0.2, 0.25) is 0 Å². The summed E-state index contributed by atoms with van der Waals surface area (Å²) >= 11 is 0. The first-order valence-corrected chi connectivity index (χ1v) is 9.44. The van der Waals surface area contributed by atoms with E-state index in [2.05, 4.69) is 20.5 Å². The van der Waals surface area contributed by atoms with Gasteiger partial charge in [-0.2, -0.15) is 5.10 Å². The predicted molar refractivity (Wildman–Crippen MR) is 108 cm³/mol. The monoisotopic (exact) mass is 393 g/mol. The summed E-state index contributed by atoms with van der Waals surface area (Å²) < 4.78 is 0. The van der Waals surface area contributed by atoms with Crippen LogP contribution in [-0.2, 0) is 0 Å². The molecule has 4 rings (SSSR count). The first-order valence-electron chi connectivity index (χ1n) is 9.44. The first kappa shape index (κ1) is 19.1. The van der Waals surface area contributed by atoms with Gasteiger partial charge in [-0.3, -0.25) is 14.7 Å². The van der Waals surface area contributed by atoms with Gasteiger partial charge in [0.25, 0.3) is 11.8 Å². The first-order chi connectivity index (χ1) is 13.8. The fraction of sp³-hybridized carbons (Fsp3) is 0.333. The summed E-state index contributed by atoms with van der Waals surface area (Å²) in [6.45, 7) is 6.26. The summed E-state index contributed by atoms with van der Waals surface area (Å²) in [5.41, 5.74) is 4.16. The second kappa shape index (κ2) is 6.97. The molecule has 8 heteroatoms. The van der Waals surface area contributed by atoms with Crippen molar-refractivity contribution in [3.63, 3.8) is 0 Å². The molecule has 1 aliphatic heterocycles. The number of carbonyl (C=O) groups excluding carboxylic acids is 2. The van der Waals surface area contributed by atoms with Crippen molar-refractivity contribution in [1.82, 2.24) is 25.4 Å². The van der Waals surface area contributed by atoms with Crippen molar-refractivity contribution in [2.75, 3.05) is 19.6 Å². The van der Waals surface area contributed by atoms with Crippen molar-refractivity contribution in [3.05, 3.63) is 58.4 Å². The number of amides is 2. The lowest BCUT2D eigenvalue weighted by Crippen LogP contribution is -2.67. The lowest BCUT2D eigenvalue weighted by molar-refractivity contribution is -0.0772. The minimum Gasteiger partial charge on any atom is -0.384 e. The highest BCUT2D eigenvalue weighted by Gasteiger charge is 2.44. The Morgan fingerprint density at radius 2 is 2.00 bits per heavy atom. The Morgan fingerprint density at radius 1 is 1.24 bits per heavy atom. The summed E-state index contributed by atoms with van der Waals surface area (Å²) in [5, 5.41) is 20.0. The fourth-order valence-corrected chi connectivity index (χ4v) is 3.64. The number of aryl methyl sites for hydroxylation is 2. The van der Waals surface area contributed by atoms with Crippen LogP contribution in [0.4, 0.5) is 0 Å². The minimum atomic E-state index is -1.14. The van der Waals surface area contributed by atoms with Crippen LogP contribution in [0.5, 0.6) is 0 Å². The summed E-state index contributed by atoms with van der Waals surface area (Å²) in [7, 11) is 0. The van der Waals surface area contributed by atoms with Gasteiger partial charge in [0.1, 0.15) is 16.8 Å². The van der Waals surface area contributed by atoms with Gasteiger partial charge >= 0.3 is 0 Å². The van der Waals surface area contributed by atoms with Gasteiger partial charge in [0.05, 0.1) is 31.3 Å². The number of likely N-dealkylation sites (tertiary alicyclic amines) is 1. The average Bonchev–Trinajstić information content (AvgIpc) is 3.14. The molecule has 0 bridgehead atoms. The van der Waals surface area contributed by atoms with E-state index in [1.807, 2.05) is 32.9 Å². The van der Waals surface area contributed by atoms with Gasteiger partial charge in [0.2, 0.25) is 0 Å². The van der Waals surface area contributed by atoms with E-state index in [1.165, 1.54) is 0 Å². The van der Waals surface area contributed by atoms with Crippen LogP contribution >= 0.6 is 0 Å². The van der Waals surface area contributed by atoms with Crippen molar-refractivity contribution in [1.29, 1.82) is 0 Å². The van der Waals surface area contributed by atoms with Crippen molar-refractivity contribution in [2.24, 2.45) is 0 Å². The lowest BCUT2D eigenvalue weighted by Gasteiger charge is -2.46. The van der Waals surface area contributed by atoms with Gasteiger partial charge in [0, 0.05) is 5.56 Å². The Kier molecular flexibility index (Phi) is 4.58. The third-order valence-corrected chi connectivity index (χ3v) is 5.41. The number of rotatable bonds is 4. The molecule has 8 nitrogen and oxygen atoms in total. The molecule has 2 amide bonds. The number of aromatic amines is 1. The number of nitrogens with one attached hydrogen (secondary N) is 2. The Morgan fingerprint density at radius 3 is 2.76 bits per heavy atom. The second-order valence-corrected chi connectivity index (χ2v) is 7.82. The largest absolute Gasteiger partial charge is 0.384 e. The van der Waals surface area contributed by atoms with Gasteiger partial charge in [-0.15, -0.1) is 0 Å². The van der Waals surface area contributed by atoms with Crippen molar-refractivity contribution in [3.8, 4) is 0 Å². The van der Waals surface area contributed by atoms with Crippen LogP contribution in [0, 0.1) is 20.8 Å². The highest BCUT2D eigenvalue weighted by atomic mass is 16.3. The fourth-order valence-electron chi connectivity index (χ4n) is 3.64. The number of aromatic nitrogens is 3. The molecule has 1 saturated heterocycles. The molecule has 1 aromatic carbocycles. The number of nitrogens with zero attached hydrogens (tertiary/aromatic N) is 3. The zero-order valence-corrected chi connectivity index (χ0v) is 16.6. The van der Waals surface area contributed by atoms with E-state index >= 15 is 0 Å². The quantitative estimate of drug-likeness (QED) is 0.622. The Labute approximate surface area is 167 Å². The number of β-amino-alcohol motifs (C(OH)–C–C–N with tert-alkyl or cyclic N) is 1.